The van der Waals surface area contributed by atoms with E-state index in [0.29, 0.717) is 6.42 Å². The van der Waals surface area contributed by atoms with E-state index in [0.717, 1.165) is 11.5 Å². The van der Waals surface area contributed by atoms with E-state index >= 15 is 0 Å². The summed E-state index contributed by atoms with van der Waals surface area (Å²) >= 11 is 0. The third-order valence-electron chi connectivity index (χ3n) is 2.56. The van der Waals surface area contributed by atoms with E-state index in [2.05, 4.69) is 6.08 Å². The van der Waals surface area contributed by atoms with Crippen molar-refractivity contribution >= 4 is 5.69 Å². The molecule has 1 aromatic carbocycles. The molecule has 1 fully saturated rings. The van der Waals surface area contributed by atoms with E-state index in [1.807, 2.05) is 18.2 Å². The number of nitro benzene ring substituents is 1. The molecule has 1 saturated carbocycles. The van der Waals surface area contributed by atoms with Gasteiger partial charge < -0.3 is 0 Å². The molecule has 0 aromatic heterocycles. The van der Waals surface area contributed by atoms with E-state index in [1.165, 1.54) is 12.8 Å². The van der Waals surface area contributed by atoms with E-state index < -0.39 is 0 Å². The minimum atomic E-state index is -0.319. The van der Waals surface area contributed by atoms with Crippen molar-refractivity contribution in [1.29, 1.82) is 0 Å². The van der Waals surface area contributed by atoms with Gasteiger partial charge in [-0.15, -0.1) is 0 Å². The van der Waals surface area contributed by atoms with Gasteiger partial charge >= 0.3 is 0 Å². The van der Waals surface area contributed by atoms with Crippen molar-refractivity contribution in [3.8, 4) is 0 Å². The monoisotopic (exact) mass is 203 g/mol. The lowest BCUT2D eigenvalue weighted by molar-refractivity contribution is -0.385. The topological polar surface area (TPSA) is 43.1 Å². The number of hydrogen-bond donors (Lipinski definition) is 0. The molecule has 15 heavy (non-hydrogen) atoms. The van der Waals surface area contributed by atoms with Crippen molar-refractivity contribution in [2.24, 2.45) is 5.92 Å². The second-order valence-electron chi connectivity index (χ2n) is 3.86. The van der Waals surface area contributed by atoms with Crippen LogP contribution in [0.5, 0.6) is 0 Å². The normalized spacial score (nSPS) is 15.7. The summed E-state index contributed by atoms with van der Waals surface area (Å²) in [4.78, 5) is 10.4. The summed E-state index contributed by atoms with van der Waals surface area (Å²) in [5.74, 6) is 0.729. The molecule has 78 valence electrons. The third-order valence-corrected chi connectivity index (χ3v) is 2.56. The fourth-order valence-corrected chi connectivity index (χ4v) is 1.54. The molecule has 0 amide bonds. The Bertz CT molecular complexity index is 394. The predicted octanol–water partition coefficient (Wildman–Crippen LogP) is 3.10. The summed E-state index contributed by atoms with van der Waals surface area (Å²) in [6.07, 6.45) is 7.41. The molecule has 3 heteroatoms. The number of rotatable bonds is 4. The molecule has 0 atom stereocenters. The molecule has 2 rings (SSSR count). The second-order valence-corrected chi connectivity index (χ2v) is 3.86. The maximum absolute atomic E-state index is 10.7. The van der Waals surface area contributed by atoms with E-state index in [4.69, 9.17) is 0 Å². The van der Waals surface area contributed by atoms with Crippen molar-refractivity contribution < 1.29 is 4.92 Å². The minimum Gasteiger partial charge on any atom is -0.258 e. The first-order chi connectivity index (χ1) is 7.27. The lowest BCUT2D eigenvalue weighted by Crippen LogP contribution is -1.93. The number of nitrogens with zero attached hydrogens (tertiary/aromatic N) is 1. The van der Waals surface area contributed by atoms with Crippen molar-refractivity contribution in [2.75, 3.05) is 0 Å². The van der Waals surface area contributed by atoms with Crippen molar-refractivity contribution in [3.63, 3.8) is 0 Å². The highest BCUT2D eigenvalue weighted by Gasteiger charge is 2.17. The molecule has 0 saturated heterocycles. The highest BCUT2D eigenvalue weighted by atomic mass is 16.6. The molecule has 0 radical (unpaired) electrons. The Hall–Kier alpha value is -1.64. The molecule has 0 heterocycles. The summed E-state index contributed by atoms with van der Waals surface area (Å²) in [6, 6.07) is 6.91. The van der Waals surface area contributed by atoms with E-state index in [9.17, 15) is 10.1 Å². The van der Waals surface area contributed by atoms with Gasteiger partial charge in [0, 0.05) is 11.6 Å². The molecule has 0 unspecified atom stereocenters. The van der Waals surface area contributed by atoms with Crippen LogP contribution in [0.25, 0.3) is 0 Å². The van der Waals surface area contributed by atoms with Gasteiger partial charge in [-0.3, -0.25) is 10.1 Å². The highest BCUT2D eigenvalue weighted by molar-refractivity contribution is 5.40. The van der Waals surface area contributed by atoms with Crippen LogP contribution in [0.15, 0.2) is 36.4 Å². The van der Waals surface area contributed by atoms with Crippen LogP contribution < -0.4 is 0 Å². The Morgan fingerprint density at radius 3 is 2.80 bits per heavy atom. The van der Waals surface area contributed by atoms with Crippen LogP contribution in [0.2, 0.25) is 0 Å². The summed E-state index contributed by atoms with van der Waals surface area (Å²) < 4.78 is 0. The van der Waals surface area contributed by atoms with Gasteiger partial charge in [-0.1, -0.05) is 30.4 Å². The molecule has 0 bridgehead atoms. The largest absolute Gasteiger partial charge is 0.272 e. The standard InChI is InChI=1S/C12H13NO2/c14-13(15)12-7-2-1-5-11(12)6-3-4-10-8-9-10/h1-5,7,10H,6,8-9H2. The fraction of sp³-hybridized carbons (Fsp3) is 0.333. The summed E-state index contributed by atoms with van der Waals surface area (Å²) in [6.45, 7) is 0. The maximum atomic E-state index is 10.7. The average Bonchev–Trinajstić information content (AvgIpc) is 3.02. The average molecular weight is 203 g/mol. The summed E-state index contributed by atoms with van der Waals surface area (Å²) in [7, 11) is 0. The zero-order chi connectivity index (χ0) is 10.7. The lowest BCUT2D eigenvalue weighted by Gasteiger charge is -1.98. The van der Waals surface area contributed by atoms with Crippen LogP contribution in [0.1, 0.15) is 18.4 Å². The van der Waals surface area contributed by atoms with Crippen LogP contribution in [-0.4, -0.2) is 4.92 Å². The van der Waals surface area contributed by atoms with Gasteiger partial charge in [0.05, 0.1) is 4.92 Å². The predicted molar refractivity (Wildman–Crippen MR) is 58.7 cm³/mol. The van der Waals surface area contributed by atoms with Gasteiger partial charge in [-0.2, -0.15) is 0 Å². The number of para-hydroxylation sites is 1. The zero-order valence-electron chi connectivity index (χ0n) is 8.43. The second kappa shape index (κ2) is 4.26. The smallest absolute Gasteiger partial charge is 0.258 e. The molecular weight excluding hydrogens is 190 g/mol. The van der Waals surface area contributed by atoms with Gasteiger partial charge in [-0.05, 0) is 25.2 Å². The van der Waals surface area contributed by atoms with Gasteiger partial charge in [-0.25, -0.2) is 0 Å². The van der Waals surface area contributed by atoms with Crippen molar-refractivity contribution in [3.05, 3.63) is 52.1 Å². The molecule has 3 nitrogen and oxygen atoms in total. The van der Waals surface area contributed by atoms with Crippen LogP contribution in [0.3, 0.4) is 0 Å². The Labute approximate surface area is 88.6 Å². The molecular formula is C12H13NO2. The highest BCUT2D eigenvalue weighted by Crippen LogP contribution is 2.30. The number of hydrogen-bond acceptors (Lipinski definition) is 2. The maximum Gasteiger partial charge on any atom is 0.272 e. The van der Waals surface area contributed by atoms with Crippen LogP contribution in [0, 0.1) is 16.0 Å². The first-order valence-electron chi connectivity index (χ1n) is 5.16. The Kier molecular flexibility index (Phi) is 2.81. The summed E-state index contributed by atoms with van der Waals surface area (Å²) in [5, 5.41) is 10.7. The number of nitro groups is 1. The minimum absolute atomic E-state index is 0.220. The first kappa shape index (κ1) is 9.90. The van der Waals surface area contributed by atoms with Gasteiger partial charge in [0.1, 0.15) is 0 Å². The van der Waals surface area contributed by atoms with Crippen LogP contribution in [0.4, 0.5) is 5.69 Å². The number of allylic oxidation sites excluding steroid dienone is 2. The van der Waals surface area contributed by atoms with Crippen LogP contribution >= 0.6 is 0 Å². The molecule has 0 aliphatic heterocycles. The SMILES string of the molecule is O=[N+]([O-])c1ccccc1CC=CC1CC1. The fourth-order valence-electron chi connectivity index (χ4n) is 1.54. The molecule has 0 spiro atoms. The van der Waals surface area contributed by atoms with Crippen molar-refractivity contribution in [2.45, 2.75) is 19.3 Å². The third kappa shape index (κ3) is 2.65. The molecule has 1 aliphatic rings. The number of benzene rings is 1. The Balaban J connectivity index is 2.08. The lowest BCUT2D eigenvalue weighted by atomic mass is 10.1. The Morgan fingerprint density at radius 1 is 1.40 bits per heavy atom. The summed E-state index contributed by atoms with van der Waals surface area (Å²) in [5.41, 5.74) is 1.01. The molecule has 1 aromatic rings. The molecule has 1 aliphatic carbocycles. The van der Waals surface area contributed by atoms with Gasteiger partial charge in [0.2, 0.25) is 0 Å². The Morgan fingerprint density at radius 2 is 2.13 bits per heavy atom. The van der Waals surface area contributed by atoms with E-state index in [-0.39, 0.29) is 10.6 Å². The first-order valence-corrected chi connectivity index (χ1v) is 5.16. The quantitative estimate of drug-likeness (QED) is 0.428. The van der Waals surface area contributed by atoms with Gasteiger partial charge in [0.25, 0.3) is 5.69 Å². The molecule has 0 N–H and O–H groups in total. The van der Waals surface area contributed by atoms with E-state index in [1.54, 1.807) is 12.1 Å². The van der Waals surface area contributed by atoms with Gasteiger partial charge in [0.15, 0.2) is 0 Å². The van der Waals surface area contributed by atoms with Crippen LogP contribution in [-0.2, 0) is 6.42 Å². The van der Waals surface area contributed by atoms with Crippen molar-refractivity contribution in [1.82, 2.24) is 0 Å². The zero-order valence-corrected chi connectivity index (χ0v) is 8.43.